The maximum atomic E-state index is 13.0. The lowest BCUT2D eigenvalue weighted by atomic mass is 10.0. The third kappa shape index (κ3) is 9.80. The average molecular weight is 576 g/mol. The first-order valence-electron chi connectivity index (χ1n) is 13.7. The van der Waals surface area contributed by atoms with Gasteiger partial charge in [0, 0.05) is 16.1 Å². The van der Waals surface area contributed by atoms with E-state index in [4.69, 9.17) is 21.1 Å². The van der Waals surface area contributed by atoms with Crippen LogP contribution in [-0.4, -0.2) is 30.7 Å². The Morgan fingerprint density at radius 3 is 2.39 bits per heavy atom. The minimum Gasteiger partial charge on any atom is -0.490 e. The second-order valence-corrected chi connectivity index (χ2v) is 10.5. The standard InChI is InChI=1S/C33H38ClN3O4/c1-6-8-27-18-25(19-30(40-7-2)31(27)41-21-24-11-9-23(5)10-12-24)20-35-37-33(39)29(17-22(3)4)36-32(38)26-13-15-28(34)16-14-26/h6,9-16,18-20,22,29H,1,7-8,17,21H2,2-5H3,(H,36,38)(H,37,39)/b35-20+. The number of halogens is 1. The molecule has 3 aromatic carbocycles. The molecular weight excluding hydrogens is 538 g/mol. The molecule has 2 amide bonds. The number of carbonyl (C=O) groups excluding carboxylic acids is 2. The van der Waals surface area contributed by atoms with Gasteiger partial charge in [0.05, 0.1) is 12.8 Å². The quantitative estimate of drug-likeness (QED) is 0.128. The Morgan fingerprint density at radius 2 is 1.76 bits per heavy atom. The summed E-state index contributed by atoms with van der Waals surface area (Å²) in [6, 6.07) is 17.7. The van der Waals surface area contributed by atoms with Gasteiger partial charge in [-0.05, 0) is 80.1 Å². The lowest BCUT2D eigenvalue weighted by Gasteiger charge is -2.19. The molecule has 0 fully saturated rings. The number of hydrazone groups is 1. The van der Waals surface area contributed by atoms with Crippen LogP contribution in [0.3, 0.4) is 0 Å². The Bertz CT molecular complexity index is 1350. The predicted molar refractivity (Wildman–Crippen MR) is 165 cm³/mol. The highest BCUT2D eigenvalue weighted by atomic mass is 35.5. The number of hydrogen-bond donors (Lipinski definition) is 2. The monoisotopic (exact) mass is 575 g/mol. The van der Waals surface area contributed by atoms with Crippen LogP contribution in [-0.2, 0) is 17.8 Å². The van der Waals surface area contributed by atoms with E-state index in [9.17, 15) is 9.59 Å². The second kappa shape index (κ2) is 15.6. The molecule has 0 saturated carbocycles. The van der Waals surface area contributed by atoms with Gasteiger partial charge in [-0.15, -0.1) is 6.58 Å². The van der Waals surface area contributed by atoms with Crippen LogP contribution < -0.4 is 20.2 Å². The summed E-state index contributed by atoms with van der Waals surface area (Å²) in [6.45, 7) is 12.7. The van der Waals surface area contributed by atoms with Crippen molar-refractivity contribution in [2.24, 2.45) is 11.0 Å². The molecule has 2 N–H and O–H groups in total. The second-order valence-electron chi connectivity index (χ2n) is 10.1. The Kier molecular flexibility index (Phi) is 12.0. The molecule has 1 unspecified atom stereocenters. The van der Waals surface area contributed by atoms with Crippen molar-refractivity contribution in [1.82, 2.24) is 10.7 Å². The molecule has 0 aromatic heterocycles. The minimum atomic E-state index is -0.761. The van der Waals surface area contributed by atoms with Gasteiger partial charge in [0.2, 0.25) is 0 Å². The molecular formula is C33H38ClN3O4. The molecule has 0 aliphatic carbocycles. The van der Waals surface area contributed by atoms with Gasteiger partial charge >= 0.3 is 0 Å². The molecule has 0 heterocycles. The highest BCUT2D eigenvalue weighted by Gasteiger charge is 2.22. The summed E-state index contributed by atoms with van der Waals surface area (Å²) < 4.78 is 12.1. The van der Waals surface area contributed by atoms with Crippen LogP contribution >= 0.6 is 11.6 Å². The number of carbonyl (C=O) groups is 2. The summed E-state index contributed by atoms with van der Waals surface area (Å²) in [7, 11) is 0. The fourth-order valence-corrected chi connectivity index (χ4v) is 4.25. The van der Waals surface area contributed by atoms with E-state index >= 15 is 0 Å². The van der Waals surface area contributed by atoms with Crippen LogP contribution in [0.15, 0.2) is 78.4 Å². The SMILES string of the molecule is C=CCc1cc(/C=N/NC(=O)C(CC(C)C)NC(=O)c2ccc(Cl)cc2)cc(OCC)c1OCc1ccc(C)cc1. The fourth-order valence-electron chi connectivity index (χ4n) is 4.13. The molecule has 7 nitrogen and oxygen atoms in total. The normalized spacial score (nSPS) is 11.8. The molecule has 216 valence electrons. The number of hydrogen-bond acceptors (Lipinski definition) is 5. The smallest absolute Gasteiger partial charge is 0.262 e. The van der Waals surface area contributed by atoms with Crippen molar-refractivity contribution in [3.63, 3.8) is 0 Å². The summed E-state index contributed by atoms with van der Waals surface area (Å²) in [6.07, 6.45) is 4.35. The van der Waals surface area contributed by atoms with E-state index in [1.807, 2.05) is 52.0 Å². The number of benzene rings is 3. The van der Waals surface area contributed by atoms with Crippen LogP contribution in [0.2, 0.25) is 5.02 Å². The van der Waals surface area contributed by atoms with Crippen molar-refractivity contribution < 1.29 is 19.1 Å². The zero-order valence-corrected chi connectivity index (χ0v) is 24.8. The minimum absolute atomic E-state index is 0.169. The lowest BCUT2D eigenvalue weighted by Crippen LogP contribution is -2.46. The molecule has 0 bridgehead atoms. The summed E-state index contributed by atoms with van der Waals surface area (Å²) in [5.41, 5.74) is 6.84. The number of nitrogens with one attached hydrogen (secondary N) is 2. The fraction of sp³-hybridized carbons (Fsp3) is 0.303. The number of allylic oxidation sites excluding steroid dienone is 1. The molecule has 0 radical (unpaired) electrons. The maximum Gasteiger partial charge on any atom is 0.262 e. The summed E-state index contributed by atoms with van der Waals surface area (Å²) in [4.78, 5) is 25.7. The van der Waals surface area contributed by atoms with Crippen molar-refractivity contribution in [1.29, 1.82) is 0 Å². The zero-order valence-electron chi connectivity index (χ0n) is 24.1. The van der Waals surface area contributed by atoms with Crippen molar-refractivity contribution in [2.75, 3.05) is 6.61 Å². The van der Waals surface area contributed by atoms with Crippen molar-refractivity contribution in [3.05, 3.63) is 106 Å². The molecule has 3 rings (SSSR count). The van der Waals surface area contributed by atoms with E-state index < -0.39 is 11.9 Å². The summed E-state index contributed by atoms with van der Waals surface area (Å²) in [5, 5.41) is 7.52. The number of amides is 2. The largest absolute Gasteiger partial charge is 0.490 e. The Labute approximate surface area is 247 Å². The van der Waals surface area contributed by atoms with E-state index in [0.717, 1.165) is 16.7 Å². The van der Waals surface area contributed by atoms with Crippen LogP contribution in [0.25, 0.3) is 0 Å². The molecule has 8 heteroatoms. The first-order chi connectivity index (χ1) is 19.7. The molecule has 3 aromatic rings. The van der Waals surface area contributed by atoms with E-state index in [0.29, 0.717) is 48.1 Å². The predicted octanol–water partition coefficient (Wildman–Crippen LogP) is 6.65. The Morgan fingerprint density at radius 1 is 1.05 bits per heavy atom. The zero-order chi connectivity index (χ0) is 29.8. The van der Waals surface area contributed by atoms with Gasteiger partial charge in [-0.25, -0.2) is 5.43 Å². The maximum absolute atomic E-state index is 13.0. The van der Waals surface area contributed by atoms with Crippen LogP contribution in [0.1, 0.15) is 59.8 Å². The van der Waals surface area contributed by atoms with Gasteiger partial charge in [-0.3, -0.25) is 9.59 Å². The average Bonchev–Trinajstić information content (AvgIpc) is 2.93. The molecule has 41 heavy (non-hydrogen) atoms. The van der Waals surface area contributed by atoms with Gasteiger partial charge in [-0.1, -0.05) is 61.4 Å². The number of nitrogens with zero attached hydrogens (tertiary/aromatic N) is 1. The molecule has 0 aliphatic rings. The lowest BCUT2D eigenvalue weighted by molar-refractivity contribution is -0.123. The third-order valence-electron chi connectivity index (χ3n) is 6.15. The van der Waals surface area contributed by atoms with Crippen LogP contribution in [0, 0.1) is 12.8 Å². The molecule has 0 aliphatic heterocycles. The summed E-state index contributed by atoms with van der Waals surface area (Å²) in [5.74, 6) is 0.632. The highest BCUT2D eigenvalue weighted by molar-refractivity contribution is 6.30. The first kappa shape index (κ1) is 31.4. The van der Waals surface area contributed by atoms with Crippen molar-refractivity contribution in [3.8, 4) is 11.5 Å². The number of ether oxygens (including phenoxy) is 2. The Balaban J connectivity index is 1.75. The van der Waals surface area contributed by atoms with E-state index in [1.54, 1.807) is 36.6 Å². The third-order valence-corrected chi connectivity index (χ3v) is 6.40. The molecule has 1 atom stereocenters. The van der Waals surface area contributed by atoms with Gasteiger partial charge in [0.15, 0.2) is 11.5 Å². The van der Waals surface area contributed by atoms with Crippen LogP contribution in [0.4, 0.5) is 0 Å². The molecule has 0 spiro atoms. The summed E-state index contributed by atoms with van der Waals surface area (Å²) >= 11 is 5.93. The van der Waals surface area contributed by atoms with Gasteiger partial charge in [0.25, 0.3) is 11.8 Å². The number of aryl methyl sites for hydroxylation is 1. The number of rotatable bonds is 14. The van der Waals surface area contributed by atoms with E-state index in [1.165, 1.54) is 5.56 Å². The van der Waals surface area contributed by atoms with Crippen molar-refractivity contribution >= 4 is 29.6 Å². The van der Waals surface area contributed by atoms with Gasteiger partial charge in [0.1, 0.15) is 12.6 Å². The van der Waals surface area contributed by atoms with E-state index in [-0.39, 0.29) is 11.8 Å². The van der Waals surface area contributed by atoms with Gasteiger partial charge in [-0.2, -0.15) is 5.10 Å². The van der Waals surface area contributed by atoms with E-state index in [2.05, 4.69) is 34.6 Å². The van der Waals surface area contributed by atoms with Crippen LogP contribution in [0.5, 0.6) is 11.5 Å². The van der Waals surface area contributed by atoms with Gasteiger partial charge < -0.3 is 14.8 Å². The van der Waals surface area contributed by atoms with Crippen molar-refractivity contribution in [2.45, 2.75) is 53.2 Å². The highest BCUT2D eigenvalue weighted by Crippen LogP contribution is 2.34. The Hall–Kier alpha value is -4.10. The first-order valence-corrected chi connectivity index (χ1v) is 14.1. The molecule has 0 saturated heterocycles. The topological polar surface area (TPSA) is 89.0 Å².